The summed E-state index contributed by atoms with van der Waals surface area (Å²) in [5, 5.41) is 12.0. The average Bonchev–Trinajstić information content (AvgIpc) is 2.46. The predicted octanol–water partition coefficient (Wildman–Crippen LogP) is 1.45. The Morgan fingerprint density at radius 1 is 1.29 bits per heavy atom. The minimum atomic E-state index is -1.04. The number of nitrogens with zero attached hydrogens (tertiary/aromatic N) is 1. The van der Waals surface area contributed by atoms with E-state index in [2.05, 4.69) is 10.3 Å². The van der Waals surface area contributed by atoms with Gasteiger partial charge >= 0.3 is 5.97 Å². The van der Waals surface area contributed by atoms with Crippen molar-refractivity contribution in [2.45, 2.75) is 18.8 Å². The Morgan fingerprint density at radius 2 is 2.10 bits per heavy atom. The van der Waals surface area contributed by atoms with Gasteiger partial charge in [-0.3, -0.25) is 19.9 Å². The van der Waals surface area contributed by atoms with E-state index in [4.69, 9.17) is 0 Å². The molecule has 0 radical (unpaired) electrons. The monoisotopic (exact) mass is 284 g/mol. The molecule has 1 aliphatic rings. The number of carbonyl (C=O) groups excluding carboxylic acids is 2. The molecule has 106 valence electrons. The van der Waals surface area contributed by atoms with E-state index >= 15 is 0 Å². The van der Waals surface area contributed by atoms with E-state index in [1.54, 1.807) is 18.2 Å². The fraction of sp³-hybridized carbons (Fsp3) is 0.200. The summed E-state index contributed by atoms with van der Waals surface area (Å²) in [7, 11) is 0. The van der Waals surface area contributed by atoms with Crippen LogP contribution in [0.15, 0.2) is 30.5 Å². The first-order valence-electron chi connectivity index (χ1n) is 6.52. The van der Waals surface area contributed by atoms with Gasteiger partial charge in [0, 0.05) is 18.0 Å². The lowest BCUT2D eigenvalue weighted by atomic mass is 9.89. The molecule has 1 unspecified atom stereocenters. The molecule has 3 rings (SSSR count). The van der Waals surface area contributed by atoms with Crippen LogP contribution in [0, 0.1) is 0 Å². The van der Waals surface area contributed by atoms with Crippen LogP contribution in [0.2, 0.25) is 0 Å². The molecule has 21 heavy (non-hydrogen) atoms. The Kier molecular flexibility index (Phi) is 3.13. The van der Waals surface area contributed by atoms with Gasteiger partial charge in [-0.15, -0.1) is 0 Å². The van der Waals surface area contributed by atoms with Gasteiger partial charge in [-0.05, 0) is 30.2 Å². The zero-order chi connectivity index (χ0) is 15.0. The number of piperidine rings is 1. The van der Waals surface area contributed by atoms with Crippen molar-refractivity contribution in [3.63, 3.8) is 0 Å². The third-order valence-electron chi connectivity index (χ3n) is 3.64. The van der Waals surface area contributed by atoms with Crippen molar-refractivity contribution in [1.29, 1.82) is 0 Å². The lowest BCUT2D eigenvalue weighted by Gasteiger charge is -2.21. The maximum atomic E-state index is 11.9. The van der Waals surface area contributed by atoms with Crippen LogP contribution in [0.3, 0.4) is 0 Å². The third kappa shape index (κ3) is 2.35. The maximum absolute atomic E-state index is 11.9. The van der Waals surface area contributed by atoms with Crippen LogP contribution in [0.25, 0.3) is 10.9 Å². The van der Waals surface area contributed by atoms with E-state index in [0.29, 0.717) is 22.9 Å². The zero-order valence-electron chi connectivity index (χ0n) is 11.0. The summed E-state index contributed by atoms with van der Waals surface area (Å²) in [5.41, 5.74) is 1.41. The summed E-state index contributed by atoms with van der Waals surface area (Å²) in [6, 6.07) is 6.55. The van der Waals surface area contributed by atoms with Crippen LogP contribution in [0.5, 0.6) is 0 Å². The van der Waals surface area contributed by atoms with Crippen molar-refractivity contribution >= 4 is 28.7 Å². The minimum Gasteiger partial charge on any atom is -0.478 e. The molecule has 0 bridgehead atoms. The summed E-state index contributed by atoms with van der Waals surface area (Å²) in [4.78, 5) is 38.5. The highest BCUT2D eigenvalue weighted by molar-refractivity contribution is 6.04. The molecule has 2 amide bonds. The van der Waals surface area contributed by atoms with Gasteiger partial charge in [0.1, 0.15) is 0 Å². The predicted molar refractivity (Wildman–Crippen MR) is 73.8 cm³/mol. The third-order valence-corrected chi connectivity index (χ3v) is 3.64. The van der Waals surface area contributed by atoms with Crippen LogP contribution in [-0.4, -0.2) is 27.9 Å². The van der Waals surface area contributed by atoms with Gasteiger partial charge in [-0.2, -0.15) is 0 Å². The van der Waals surface area contributed by atoms with E-state index in [1.807, 2.05) is 0 Å². The number of aromatic carboxylic acids is 1. The Bertz CT molecular complexity index is 769. The summed E-state index contributed by atoms with van der Waals surface area (Å²) >= 11 is 0. The van der Waals surface area contributed by atoms with Crippen molar-refractivity contribution in [2.24, 2.45) is 0 Å². The Balaban J connectivity index is 2.08. The number of fused-ring (bicyclic) bond motifs is 1. The van der Waals surface area contributed by atoms with Crippen molar-refractivity contribution < 1.29 is 19.5 Å². The molecule has 0 spiro atoms. The number of pyridine rings is 1. The second-order valence-electron chi connectivity index (χ2n) is 4.94. The average molecular weight is 284 g/mol. The van der Waals surface area contributed by atoms with E-state index in [1.165, 1.54) is 12.3 Å². The van der Waals surface area contributed by atoms with E-state index in [9.17, 15) is 19.5 Å². The molecule has 1 aromatic heterocycles. The second kappa shape index (κ2) is 4.97. The molecule has 1 aliphatic heterocycles. The minimum absolute atomic E-state index is 0.147. The van der Waals surface area contributed by atoms with Crippen LogP contribution in [-0.2, 0) is 9.59 Å². The Hall–Kier alpha value is -2.76. The van der Waals surface area contributed by atoms with Gasteiger partial charge in [0.2, 0.25) is 11.8 Å². The number of hydrogen-bond acceptors (Lipinski definition) is 4. The first kappa shape index (κ1) is 13.2. The topological polar surface area (TPSA) is 96.4 Å². The Morgan fingerprint density at radius 3 is 2.81 bits per heavy atom. The van der Waals surface area contributed by atoms with Gasteiger partial charge in [0.05, 0.1) is 17.0 Å². The number of hydrogen-bond donors (Lipinski definition) is 2. The highest BCUT2D eigenvalue weighted by Crippen LogP contribution is 2.28. The number of carboxylic acid groups (broad SMARTS) is 1. The number of carboxylic acids is 1. The molecule has 0 aliphatic carbocycles. The van der Waals surface area contributed by atoms with Crippen molar-refractivity contribution in [3.05, 3.63) is 41.6 Å². The lowest BCUT2D eigenvalue weighted by molar-refractivity contribution is -0.134. The first-order chi connectivity index (χ1) is 10.1. The SMILES string of the molecule is O=C1CCC(c2ccc3nccc(C(=O)O)c3c2)C(=O)N1. The molecule has 2 heterocycles. The number of amides is 2. The van der Waals surface area contributed by atoms with Crippen molar-refractivity contribution in [1.82, 2.24) is 10.3 Å². The smallest absolute Gasteiger partial charge is 0.336 e. The van der Waals surface area contributed by atoms with Gasteiger partial charge < -0.3 is 5.11 Å². The summed E-state index contributed by atoms with van der Waals surface area (Å²) < 4.78 is 0. The van der Waals surface area contributed by atoms with Crippen LogP contribution in [0.1, 0.15) is 34.7 Å². The normalized spacial score (nSPS) is 18.6. The van der Waals surface area contributed by atoms with Gasteiger partial charge in [-0.1, -0.05) is 6.07 Å². The second-order valence-corrected chi connectivity index (χ2v) is 4.94. The fourth-order valence-corrected chi connectivity index (χ4v) is 2.58. The number of aromatic nitrogens is 1. The molecule has 1 atom stereocenters. The maximum Gasteiger partial charge on any atom is 0.336 e. The van der Waals surface area contributed by atoms with Crippen LogP contribution in [0.4, 0.5) is 0 Å². The van der Waals surface area contributed by atoms with Crippen molar-refractivity contribution in [2.75, 3.05) is 0 Å². The fourth-order valence-electron chi connectivity index (χ4n) is 2.58. The molecular formula is C15H12N2O4. The van der Waals surface area contributed by atoms with Gasteiger partial charge in [-0.25, -0.2) is 4.79 Å². The number of benzene rings is 1. The molecule has 6 nitrogen and oxygen atoms in total. The highest BCUT2D eigenvalue weighted by Gasteiger charge is 2.28. The molecule has 2 aromatic rings. The zero-order valence-corrected chi connectivity index (χ0v) is 11.0. The number of carbonyl (C=O) groups is 3. The molecular weight excluding hydrogens is 272 g/mol. The molecule has 0 saturated carbocycles. The number of rotatable bonds is 2. The molecule has 6 heteroatoms. The Labute approximate surface area is 119 Å². The van der Waals surface area contributed by atoms with Gasteiger partial charge in [0.25, 0.3) is 0 Å². The molecule has 1 fully saturated rings. The number of nitrogens with one attached hydrogen (secondary N) is 1. The number of imide groups is 1. The summed E-state index contributed by atoms with van der Waals surface area (Å²) in [6.45, 7) is 0. The quantitative estimate of drug-likeness (QED) is 0.814. The largest absolute Gasteiger partial charge is 0.478 e. The summed E-state index contributed by atoms with van der Waals surface area (Å²) in [5.74, 6) is -2.09. The first-order valence-corrected chi connectivity index (χ1v) is 6.52. The van der Waals surface area contributed by atoms with E-state index < -0.39 is 11.9 Å². The van der Waals surface area contributed by atoms with E-state index in [-0.39, 0.29) is 23.8 Å². The molecule has 1 aromatic carbocycles. The standard InChI is InChI=1S/C15H12N2O4/c18-13-4-2-9(14(19)17-13)8-1-3-12-11(7-8)10(15(20)21)5-6-16-12/h1,3,5-7,9H,2,4H2,(H,20,21)(H,17,18,19). The van der Waals surface area contributed by atoms with Crippen LogP contribution >= 0.6 is 0 Å². The van der Waals surface area contributed by atoms with Crippen LogP contribution < -0.4 is 5.32 Å². The van der Waals surface area contributed by atoms with Crippen molar-refractivity contribution in [3.8, 4) is 0 Å². The van der Waals surface area contributed by atoms with Gasteiger partial charge in [0.15, 0.2) is 0 Å². The molecule has 1 saturated heterocycles. The summed E-state index contributed by atoms with van der Waals surface area (Å²) in [6.07, 6.45) is 2.16. The molecule has 2 N–H and O–H groups in total. The van der Waals surface area contributed by atoms with E-state index in [0.717, 1.165) is 0 Å². The lowest BCUT2D eigenvalue weighted by Crippen LogP contribution is -2.39. The highest BCUT2D eigenvalue weighted by atomic mass is 16.4.